The first kappa shape index (κ1) is 20.8. The third-order valence-electron chi connectivity index (χ3n) is 5.09. The molecule has 1 amide bonds. The molecule has 1 unspecified atom stereocenters. The van der Waals surface area contributed by atoms with Crippen LogP contribution in [0.15, 0.2) is 27.6 Å². The standard InChI is InChI=1S/C19H27BrN2O4S/c1-2-12-26-15-6-5-9-21(14-15)19(23)17-13-16(7-8-18(17)20)27(24,25)22-10-3-4-11-22/h7-8,13,15H,2-6,9-12,14H2,1H3. The predicted octanol–water partition coefficient (Wildman–Crippen LogP) is 3.26. The summed E-state index contributed by atoms with van der Waals surface area (Å²) in [4.78, 5) is 15.0. The molecule has 0 saturated carbocycles. The van der Waals surface area contributed by atoms with Crippen molar-refractivity contribution < 1.29 is 17.9 Å². The molecule has 0 spiro atoms. The molecule has 0 aromatic heterocycles. The first-order valence-electron chi connectivity index (χ1n) is 9.64. The molecule has 3 rings (SSSR count). The van der Waals surface area contributed by atoms with E-state index in [1.807, 2.05) is 0 Å². The number of carbonyl (C=O) groups excluding carboxylic acids is 1. The SMILES string of the molecule is CCCOC1CCCN(C(=O)c2cc(S(=O)(=O)N3CCCC3)ccc2Br)C1. The molecular weight excluding hydrogens is 432 g/mol. The van der Waals surface area contributed by atoms with Crippen molar-refractivity contribution in [3.05, 3.63) is 28.2 Å². The van der Waals surface area contributed by atoms with Crippen molar-refractivity contribution in [3.63, 3.8) is 0 Å². The average molecular weight is 459 g/mol. The lowest BCUT2D eigenvalue weighted by Gasteiger charge is -2.33. The van der Waals surface area contributed by atoms with Crippen molar-refractivity contribution in [2.45, 2.75) is 50.0 Å². The molecule has 0 bridgehead atoms. The van der Waals surface area contributed by atoms with Crippen molar-refractivity contribution in [1.29, 1.82) is 0 Å². The summed E-state index contributed by atoms with van der Waals surface area (Å²) in [5.41, 5.74) is 0.395. The minimum absolute atomic E-state index is 0.0536. The number of amides is 1. The Morgan fingerprint density at radius 3 is 2.67 bits per heavy atom. The minimum Gasteiger partial charge on any atom is -0.376 e. The van der Waals surface area contributed by atoms with E-state index in [1.165, 1.54) is 10.4 Å². The Kier molecular flexibility index (Phi) is 6.94. The largest absolute Gasteiger partial charge is 0.376 e. The molecule has 150 valence electrons. The zero-order valence-electron chi connectivity index (χ0n) is 15.7. The number of halogens is 1. The molecule has 1 atom stereocenters. The molecular formula is C19H27BrN2O4S. The van der Waals surface area contributed by atoms with Gasteiger partial charge in [0.15, 0.2) is 0 Å². The summed E-state index contributed by atoms with van der Waals surface area (Å²) in [7, 11) is -3.55. The minimum atomic E-state index is -3.55. The second-order valence-electron chi connectivity index (χ2n) is 7.14. The van der Waals surface area contributed by atoms with Gasteiger partial charge in [0.1, 0.15) is 0 Å². The van der Waals surface area contributed by atoms with Gasteiger partial charge in [-0.2, -0.15) is 4.31 Å². The van der Waals surface area contributed by atoms with Gasteiger partial charge < -0.3 is 9.64 Å². The van der Waals surface area contributed by atoms with Crippen LogP contribution in [-0.2, 0) is 14.8 Å². The van der Waals surface area contributed by atoms with Crippen LogP contribution < -0.4 is 0 Å². The number of sulfonamides is 1. The second-order valence-corrected chi connectivity index (χ2v) is 9.93. The van der Waals surface area contributed by atoms with Crippen LogP contribution in [0.4, 0.5) is 0 Å². The molecule has 1 aromatic carbocycles. The van der Waals surface area contributed by atoms with Gasteiger partial charge in [-0.25, -0.2) is 8.42 Å². The number of ether oxygens (including phenoxy) is 1. The van der Waals surface area contributed by atoms with Crippen LogP contribution in [0.3, 0.4) is 0 Å². The summed E-state index contributed by atoms with van der Waals surface area (Å²) in [5.74, 6) is -0.148. The van der Waals surface area contributed by atoms with E-state index >= 15 is 0 Å². The molecule has 8 heteroatoms. The monoisotopic (exact) mass is 458 g/mol. The quantitative estimate of drug-likeness (QED) is 0.655. The Hall–Kier alpha value is -0.960. The highest BCUT2D eigenvalue weighted by molar-refractivity contribution is 9.10. The van der Waals surface area contributed by atoms with Gasteiger partial charge in [-0.3, -0.25) is 4.79 Å². The highest BCUT2D eigenvalue weighted by Crippen LogP contribution is 2.27. The van der Waals surface area contributed by atoms with Crippen molar-refractivity contribution in [2.75, 3.05) is 32.8 Å². The lowest BCUT2D eigenvalue weighted by Crippen LogP contribution is -2.43. The van der Waals surface area contributed by atoms with Crippen molar-refractivity contribution in [3.8, 4) is 0 Å². The highest BCUT2D eigenvalue weighted by atomic mass is 79.9. The number of likely N-dealkylation sites (tertiary alicyclic amines) is 1. The molecule has 27 heavy (non-hydrogen) atoms. The predicted molar refractivity (Wildman–Crippen MR) is 107 cm³/mol. The first-order chi connectivity index (χ1) is 12.9. The fourth-order valence-electron chi connectivity index (χ4n) is 3.62. The van der Waals surface area contributed by atoms with E-state index in [9.17, 15) is 13.2 Å². The Morgan fingerprint density at radius 1 is 1.22 bits per heavy atom. The zero-order valence-corrected chi connectivity index (χ0v) is 18.1. The maximum atomic E-state index is 13.1. The molecule has 0 radical (unpaired) electrons. The third-order valence-corrected chi connectivity index (χ3v) is 7.68. The smallest absolute Gasteiger partial charge is 0.255 e. The van der Waals surface area contributed by atoms with E-state index in [0.29, 0.717) is 42.8 Å². The van der Waals surface area contributed by atoms with Gasteiger partial charge in [-0.1, -0.05) is 6.92 Å². The molecule has 6 nitrogen and oxygen atoms in total. The van der Waals surface area contributed by atoms with Crippen molar-refractivity contribution >= 4 is 31.9 Å². The molecule has 2 aliphatic heterocycles. The number of nitrogens with zero attached hydrogens (tertiary/aromatic N) is 2. The maximum Gasteiger partial charge on any atom is 0.255 e. The third kappa shape index (κ3) is 4.72. The Labute approximate surface area is 170 Å². The maximum absolute atomic E-state index is 13.1. The van der Waals surface area contributed by atoms with Gasteiger partial charge in [0.2, 0.25) is 10.0 Å². The van der Waals surface area contributed by atoms with E-state index in [1.54, 1.807) is 17.0 Å². The van der Waals surface area contributed by atoms with E-state index in [2.05, 4.69) is 22.9 Å². The van der Waals surface area contributed by atoms with Gasteiger partial charge in [0.05, 0.1) is 16.6 Å². The van der Waals surface area contributed by atoms with Crippen LogP contribution in [0.1, 0.15) is 49.4 Å². The van der Waals surface area contributed by atoms with Crippen LogP contribution in [0.5, 0.6) is 0 Å². The number of piperidine rings is 1. The summed E-state index contributed by atoms with van der Waals surface area (Å²) in [6.45, 7) is 5.07. The summed E-state index contributed by atoms with van der Waals surface area (Å²) in [5, 5.41) is 0. The van der Waals surface area contributed by atoms with Crippen LogP contribution >= 0.6 is 15.9 Å². The molecule has 1 aromatic rings. The average Bonchev–Trinajstić information content (AvgIpc) is 3.22. The highest BCUT2D eigenvalue weighted by Gasteiger charge is 2.30. The number of hydrogen-bond acceptors (Lipinski definition) is 4. The van der Waals surface area contributed by atoms with E-state index in [-0.39, 0.29) is 16.9 Å². The molecule has 2 fully saturated rings. The van der Waals surface area contributed by atoms with E-state index in [4.69, 9.17) is 4.74 Å². The van der Waals surface area contributed by atoms with Crippen LogP contribution in [-0.4, -0.2) is 62.4 Å². The number of carbonyl (C=O) groups is 1. The lowest BCUT2D eigenvalue weighted by atomic mass is 10.1. The summed E-state index contributed by atoms with van der Waals surface area (Å²) in [6.07, 6.45) is 4.62. The fraction of sp³-hybridized carbons (Fsp3) is 0.632. The molecule has 2 heterocycles. The molecule has 2 aliphatic rings. The van der Waals surface area contributed by atoms with Gasteiger partial charge in [0.25, 0.3) is 5.91 Å². The zero-order chi connectivity index (χ0) is 19.4. The van der Waals surface area contributed by atoms with Crippen LogP contribution in [0.25, 0.3) is 0 Å². The topological polar surface area (TPSA) is 66.9 Å². The summed E-state index contributed by atoms with van der Waals surface area (Å²) < 4.78 is 33.6. The van der Waals surface area contributed by atoms with Gasteiger partial charge in [-0.05, 0) is 66.2 Å². The van der Waals surface area contributed by atoms with Crippen LogP contribution in [0, 0.1) is 0 Å². The number of hydrogen-bond donors (Lipinski definition) is 0. The first-order valence-corrected chi connectivity index (χ1v) is 11.9. The van der Waals surface area contributed by atoms with Crippen molar-refractivity contribution in [1.82, 2.24) is 9.21 Å². The molecule has 2 saturated heterocycles. The molecule has 0 N–H and O–H groups in total. The Morgan fingerprint density at radius 2 is 1.96 bits per heavy atom. The van der Waals surface area contributed by atoms with Gasteiger partial charge in [0, 0.05) is 37.3 Å². The fourth-order valence-corrected chi connectivity index (χ4v) is 5.58. The van der Waals surface area contributed by atoms with Gasteiger partial charge in [-0.15, -0.1) is 0 Å². The Balaban J connectivity index is 1.80. The molecule has 0 aliphatic carbocycles. The number of benzene rings is 1. The van der Waals surface area contributed by atoms with Crippen LogP contribution in [0.2, 0.25) is 0 Å². The number of rotatable bonds is 6. The second kappa shape index (κ2) is 9.03. The van der Waals surface area contributed by atoms with Gasteiger partial charge >= 0.3 is 0 Å². The summed E-state index contributed by atoms with van der Waals surface area (Å²) in [6, 6.07) is 4.74. The summed E-state index contributed by atoms with van der Waals surface area (Å²) >= 11 is 3.42. The van der Waals surface area contributed by atoms with E-state index < -0.39 is 10.0 Å². The van der Waals surface area contributed by atoms with E-state index in [0.717, 1.165) is 32.1 Å². The van der Waals surface area contributed by atoms with Crippen molar-refractivity contribution in [2.24, 2.45) is 0 Å². The normalized spacial score (nSPS) is 21.6. The Bertz CT molecular complexity index is 778. The lowest BCUT2D eigenvalue weighted by molar-refractivity contribution is 0.00207.